The normalized spacial score (nSPS) is 15.8. The third-order valence-electron chi connectivity index (χ3n) is 4.64. The van der Waals surface area contributed by atoms with Crippen molar-refractivity contribution in [1.29, 1.82) is 0 Å². The number of esters is 1. The number of Topliss-reactive ketones (excluding diaryl/α,β-unsaturated/α-hetero) is 1. The molecular weight excluding hydrogens is 439 g/mol. The summed E-state index contributed by atoms with van der Waals surface area (Å²) in [4.78, 5) is 28.5. The number of aromatic nitrogens is 1. The summed E-state index contributed by atoms with van der Waals surface area (Å²) in [6, 6.07) is 7.48. The first kappa shape index (κ1) is 21.7. The zero-order chi connectivity index (χ0) is 21.0. The number of pyridine rings is 1. The zero-order valence-electron chi connectivity index (χ0n) is 15.3. The van der Waals surface area contributed by atoms with E-state index < -0.39 is 34.3 Å². The van der Waals surface area contributed by atoms with E-state index in [1.807, 2.05) is 0 Å². The van der Waals surface area contributed by atoms with Gasteiger partial charge in [-0.1, -0.05) is 23.2 Å². The van der Waals surface area contributed by atoms with Crippen LogP contribution < -0.4 is 0 Å². The third kappa shape index (κ3) is 5.14. The van der Waals surface area contributed by atoms with Crippen LogP contribution in [0.25, 0.3) is 0 Å². The number of hydrogen-bond donors (Lipinski definition) is 0. The number of nitrogens with zero attached hydrogens (tertiary/aromatic N) is 2. The minimum Gasteiger partial charge on any atom is -0.457 e. The number of benzene rings is 1. The molecule has 1 aromatic heterocycles. The van der Waals surface area contributed by atoms with Crippen LogP contribution in [-0.4, -0.2) is 49.2 Å². The summed E-state index contributed by atoms with van der Waals surface area (Å²) in [5, 5.41) is 0.587. The molecule has 1 aliphatic rings. The molecule has 154 valence electrons. The number of sulfonamides is 1. The summed E-state index contributed by atoms with van der Waals surface area (Å²) in [6.07, 6.45) is 3.42. The average Bonchev–Trinajstić information content (AvgIpc) is 2.72. The van der Waals surface area contributed by atoms with Gasteiger partial charge in [-0.15, -0.1) is 0 Å². The van der Waals surface area contributed by atoms with E-state index >= 15 is 0 Å². The van der Waals surface area contributed by atoms with E-state index in [1.165, 1.54) is 41.0 Å². The Kier molecular flexibility index (Phi) is 6.89. The summed E-state index contributed by atoms with van der Waals surface area (Å²) in [6.45, 7) is -0.0592. The van der Waals surface area contributed by atoms with E-state index in [2.05, 4.69) is 4.98 Å². The van der Waals surface area contributed by atoms with E-state index in [9.17, 15) is 18.0 Å². The lowest BCUT2D eigenvalue weighted by Gasteiger charge is -2.29. The van der Waals surface area contributed by atoms with Crippen molar-refractivity contribution in [2.45, 2.75) is 17.7 Å². The van der Waals surface area contributed by atoms with Crippen molar-refractivity contribution in [1.82, 2.24) is 9.29 Å². The molecule has 0 saturated carbocycles. The highest BCUT2D eigenvalue weighted by Gasteiger charge is 2.33. The Balaban J connectivity index is 1.53. The Morgan fingerprint density at radius 3 is 2.52 bits per heavy atom. The first-order chi connectivity index (χ1) is 13.8. The Labute approximate surface area is 178 Å². The van der Waals surface area contributed by atoms with E-state index in [1.54, 1.807) is 6.07 Å². The predicted octanol–water partition coefficient (Wildman–Crippen LogP) is 3.22. The van der Waals surface area contributed by atoms with Crippen molar-refractivity contribution in [3.8, 4) is 0 Å². The fourth-order valence-corrected chi connectivity index (χ4v) is 4.98. The standard InChI is InChI=1S/C19H18Cl2N2O5S/c20-14-3-4-16(17(21)10-14)18(24)12-28-19(25)13-5-8-23(9-6-13)29(26,27)15-2-1-7-22-11-15/h1-4,7,10-11,13H,5-6,8-9,12H2. The van der Waals surface area contributed by atoms with Crippen LogP contribution >= 0.6 is 23.2 Å². The van der Waals surface area contributed by atoms with E-state index in [4.69, 9.17) is 27.9 Å². The summed E-state index contributed by atoms with van der Waals surface area (Å²) in [5.74, 6) is -1.43. The molecule has 0 bridgehead atoms. The lowest BCUT2D eigenvalue weighted by molar-refractivity contribution is -0.148. The highest BCUT2D eigenvalue weighted by Crippen LogP contribution is 2.25. The second-order valence-electron chi connectivity index (χ2n) is 6.52. The predicted molar refractivity (Wildman–Crippen MR) is 107 cm³/mol. The molecule has 2 heterocycles. The first-order valence-electron chi connectivity index (χ1n) is 8.84. The maximum atomic E-state index is 12.6. The molecule has 0 N–H and O–H groups in total. The third-order valence-corrected chi connectivity index (χ3v) is 7.07. The van der Waals surface area contributed by atoms with Crippen LogP contribution in [0, 0.1) is 5.92 Å². The van der Waals surface area contributed by atoms with Crippen molar-refractivity contribution in [3.63, 3.8) is 0 Å². The number of rotatable bonds is 6. The van der Waals surface area contributed by atoms with Crippen molar-refractivity contribution >= 4 is 45.0 Å². The summed E-state index contributed by atoms with van der Waals surface area (Å²) < 4.78 is 31.6. The zero-order valence-corrected chi connectivity index (χ0v) is 17.6. The fourth-order valence-electron chi connectivity index (χ4n) is 3.03. The summed E-state index contributed by atoms with van der Waals surface area (Å²) in [7, 11) is -3.64. The Bertz CT molecular complexity index is 1010. The van der Waals surface area contributed by atoms with Gasteiger partial charge in [-0.2, -0.15) is 4.31 Å². The second-order valence-corrected chi connectivity index (χ2v) is 9.30. The monoisotopic (exact) mass is 456 g/mol. The number of carbonyl (C=O) groups excluding carboxylic acids is 2. The largest absolute Gasteiger partial charge is 0.457 e. The van der Waals surface area contributed by atoms with E-state index in [0.29, 0.717) is 17.9 Å². The van der Waals surface area contributed by atoms with Crippen LogP contribution in [0.4, 0.5) is 0 Å². The fraction of sp³-hybridized carbons (Fsp3) is 0.316. The molecule has 0 aliphatic carbocycles. The number of ether oxygens (including phenoxy) is 1. The molecule has 1 fully saturated rings. The molecule has 1 aliphatic heterocycles. The molecule has 10 heteroatoms. The molecule has 2 aromatic rings. The topological polar surface area (TPSA) is 93.6 Å². The van der Waals surface area contributed by atoms with Gasteiger partial charge in [0.25, 0.3) is 0 Å². The smallest absolute Gasteiger partial charge is 0.309 e. The average molecular weight is 457 g/mol. The molecule has 0 amide bonds. The Morgan fingerprint density at radius 1 is 1.17 bits per heavy atom. The van der Waals surface area contributed by atoms with Gasteiger partial charge >= 0.3 is 5.97 Å². The summed E-state index contributed by atoms with van der Waals surface area (Å²) in [5.41, 5.74) is 0.223. The van der Waals surface area contributed by atoms with Crippen LogP contribution in [0.3, 0.4) is 0 Å². The number of carbonyl (C=O) groups is 2. The number of ketones is 1. The molecular formula is C19H18Cl2N2O5S. The molecule has 0 radical (unpaired) electrons. The van der Waals surface area contributed by atoms with Gasteiger partial charge in [0.2, 0.25) is 15.8 Å². The van der Waals surface area contributed by atoms with Gasteiger partial charge in [-0.25, -0.2) is 8.42 Å². The van der Waals surface area contributed by atoms with Gasteiger partial charge in [0, 0.05) is 36.1 Å². The number of piperidine rings is 1. The van der Waals surface area contributed by atoms with Crippen LogP contribution in [-0.2, 0) is 19.6 Å². The minimum absolute atomic E-state index is 0.117. The highest BCUT2D eigenvalue weighted by molar-refractivity contribution is 7.89. The lowest BCUT2D eigenvalue weighted by atomic mass is 9.98. The SMILES string of the molecule is O=C(COC(=O)C1CCN(S(=O)(=O)c2cccnc2)CC1)c1ccc(Cl)cc1Cl. The molecule has 0 unspecified atom stereocenters. The quantitative estimate of drug-likeness (QED) is 0.489. The van der Waals surface area contributed by atoms with Gasteiger partial charge in [0.05, 0.1) is 10.9 Å². The van der Waals surface area contributed by atoms with E-state index in [-0.39, 0.29) is 28.6 Å². The second kappa shape index (κ2) is 9.21. The molecule has 0 atom stereocenters. The summed E-state index contributed by atoms with van der Waals surface area (Å²) >= 11 is 11.8. The Hall–Kier alpha value is -2.00. The molecule has 1 aromatic carbocycles. The molecule has 29 heavy (non-hydrogen) atoms. The van der Waals surface area contributed by atoms with Crippen molar-refractivity contribution in [2.24, 2.45) is 5.92 Å². The number of hydrogen-bond acceptors (Lipinski definition) is 6. The van der Waals surface area contributed by atoms with Gasteiger partial charge in [0.1, 0.15) is 4.90 Å². The van der Waals surface area contributed by atoms with Crippen LogP contribution in [0.15, 0.2) is 47.6 Å². The van der Waals surface area contributed by atoms with E-state index in [0.717, 1.165) is 0 Å². The molecule has 7 nitrogen and oxygen atoms in total. The van der Waals surface area contributed by atoms with Crippen LogP contribution in [0.1, 0.15) is 23.2 Å². The van der Waals surface area contributed by atoms with Gasteiger partial charge < -0.3 is 4.74 Å². The van der Waals surface area contributed by atoms with Crippen LogP contribution in [0.2, 0.25) is 10.0 Å². The van der Waals surface area contributed by atoms with Gasteiger partial charge in [-0.05, 0) is 43.2 Å². The van der Waals surface area contributed by atoms with Gasteiger partial charge in [-0.3, -0.25) is 14.6 Å². The molecule has 3 rings (SSSR count). The lowest BCUT2D eigenvalue weighted by Crippen LogP contribution is -2.40. The van der Waals surface area contributed by atoms with Gasteiger partial charge in [0.15, 0.2) is 6.61 Å². The number of halogens is 2. The first-order valence-corrected chi connectivity index (χ1v) is 11.0. The minimum atomic E-state index is -3.64. The van der Waals surface area contributed by atoms with Crippen LogP contribution in [0.5, 0.6) is 0 Å². The maximum absolute atomic E-state index is 12.6. The molecule has 0 spiro atoms. The molecule has 1 saturated heterocycles. The maximum Gasteiger partial charge on any atom is 0.309 e. The van der Waals surface area contributed by atoms with Crippen molar-refractivity contribution < 1.29 is 22.7 Å². The van der Waals surface area contributed by atoms with Crippen molar-refractivity contribution in [3.05, 3.63) is 58.3 Å². The highest BCUT2D eigenvalue weighted by atomic mass is 35.5. The van der Waals surface area contributed by atoms with Crippen molar-refractivity contribution in [2.75, 3.05) is 19.7 Å². The Morgan fingerprint density at radius 2 is 1.90 bits per heavy atom.